The molecule has 2 aromatic heterocycles. The smallest absolute Gasteiger partial charge is 0.278 e. The van der Waals surface area contributed by atoms with Crippen LogP contribution in [0.15, 0.2) is 41.9 Å². The first kappa shape index (κ1) is 16.0. The fourth-order valence-corrected chi connectivity index (χ4v) is 2.70. The number of pyridine rings is 1. The molecule has 0 unspecified atom stereocenters. The molecule has 0 saturated carbocycles. The minimum atomic E-state index is -0.755. The highest BCUT2D eigenvalue weighted by Crippen LogP contribution is 2.28. The van der Waals surface area contributed by atoms with E-state index in [0.29, 0.717) is 5.82 Å². The first-order chi connectivity index (χ1) is 11.5. The highest BCUT2D eigenvalue weighted by Gasteiger charge is 2.18. The Hall–Kier alpha value is -2.87. The predicted octanol–water partition coefficient (Wildman–Crippen LogP) is 4.12. The molecule has 0 spiro atoms. The van der Waals surface area contributed by atoms with Crippen molar-refractivity contribution < 1.29 is 13.6 Å². The standard InChI is InChI=1S/C16H12F2N4OS/c1-9-4-2-7-12(20-9)21-15(23)14-16(24-8-19-14)22-13-10(17)5-3-6-11(13)18/h2-8,22H,1H3,(H,20,21,23). The summed E-state index contributed by atoms with van der Waals surface area (Å²) in [6.07, 6.45) is 0. The molecule has 0 saturated heterocycles. The number of carbonyl (C=O) groups is 1. The zero-order valence-electron chi connectivity index (χ0n) is 12.5. The maximum Gasteiger partial charge on any atom is 0.278 e. The molecule has 2 N–H and O–H groups in total. The summed E-state index contributed by atoms with van der Waals surface area (Å²) < 4.78 is 27.5. The van der Waals surface area contributed by atoms with E-state index in [1.165, 1.54) is 11.6 Å². The average Bonchev–Trinajstić information content (AvgIpc) is 2.99. The summed E-state index contributed by atoms with van der Waals surface area (Å²) in [4.78, 5) is 20.5. The number of aryl methyl sites for hydroxylation is 1. The van der Waals surface area contributed by atoms with E-state index < -0.39 is 17.5 Å². The van der Waals surface area contributed by atoms with Gasteiger partial charge >= 0.3 is 0 Å². The van der Waals surface area contributed by atoms with Gasteiger partial charge in [0, 0.05) is 5.69 Å². The molecule has 0 aliphatic heterocycles. The zero-order chi connectivity index (χ0) is 17.1. The van der Waals surface area contributed by atoms with Crippen LogP contribution >= 0.6 is 11.3 Å². The number of anilines is 3. The first-order valence-electron chi connectivity index (χ1n) is 6.94. The predicted molar refractivity (Wildman–Crippen MR) is 88.7 cm³/mol. The van der Waals surface area contributed by atoms with Gasteiger partial charge < -0.3 is 10.6 Å². The van der Waals surface area contributed by atoms with Crippen LogP contribution in [-0.4, -0.2) is 15.9 Å². The van der Waals surface area contributed by atoms with Crippen molar-refractivity contribution in [3.8, 4) is 0 Å². The van der Waals surface area contributed by atoms with Crippen molar-refractivity contribution in [2.45, 2.75) is 6.92 Å². The number of aromatic nitrogens is 2. The monoisotopic (exact) mass is 346 g/mol. The van der Waals surface area contributed by atoms with Gasteiger partial charge in [0.25, 0.3) is 5.91 Å². The van der Waals surface area contributed by atoms with E-state index in [2.05, 4.69) is 20.6 Å². The van der Waals surface area contributed by atoms with Gasteiger partial charge in [0.15, 0.2) is 5.69 Å². The molecule has 1 amide bonds. The average molecular weight is 346 g/mol. The number of amides is 1. The van der Waals surface area contributed by atoms with E-state index in [-0.39, 0.29) is 16.4 Å². The summed E-state index contributed by atoms with van der Waals surface area (Å²) in [6.45, 7) is 1.80. The van der Waals surface area contributed by atoms with Gasteiger partial charge in [0.2, 0.25) is 0 Å². The second-order valence-electron chi connectivity index (χ2n) is 4.87. The largest absolute Gasteiger partial charge is 0.340 e. The van der Waals surface area contributed by atoms with Gasteiger partial charge in [0.05, 0.1) is 5.51 Å². The van der Waals surface area contributed by atoms with E-state index in [1.54, 1.807) is 25.1 Å². The molecule has 3 rings (SSSR count). The minimum absolute atomic E-state index is 0.0333. The number of para-hydroxylation sites is 1. The molecule has 3 aromatic rings. The van der Waals surface area contributed by atoms with Crippen LogP contribution < -0.4 is 10.6 Å². The molecule has 0 aliphatic carbocycles. The Balaban J connectivity index is 1.84. The normalized spacial score (nSPS) is 10.5. The lowest BCUT2D eigenvalue weighted by atomic mass is 10.3. The van der Waals surface area contributed by atoms with Crippen molar-refractivity contribution in [1.29, 1.82) is 0 Å². The minimum Gasteiger partial charge on any atom is -0.340 e. The van der Waals surface area contributed by atoms with E-state index in [0.717, 1.165) is 29.2 Å². The third-order valence-electron chi connectivity index (χ3n) is 3.11. The maximum absolute atomic E-state index is 13.7. The Morgan fingerprint density at radius 1 is 1.12 bits per heavy atom. The number of rotatable bonds is 4. The number of nitrogens with zero attached hydrogens (tertiary/aromatic N) is 2. The highest BCUT2D eigenvalue weighted by atomic mass is 32.1. The molecule has 0 fully saturated rings. The molecule has 2 heterocycles. The third-order valence-corrected chi connectivity index (χ3v) is 3.86. The lowest BCUT2D eigenvalue weighted by molar-refractivity contribution is 0.102. The number of halogens is 2. The van der Waals surface area contributed by atoms with Gasteiger partial charge in [-0.25, -0.2) is 18.7 Å². The van der Waals surface area contributed by atoms with Crippen molar-refractivity contribution in [1.82, 2.24) is 9.97 Å². The van der Waals surface area contributed by atoms with E-state index >= 15 is 0 Å². The SMILES string of the molecule is Cc1cccc(NC(=O)c2ncsc2Nc2c(F)cccc2F)n1. The van der Waals surface area contributed by atoms with Crippen molar-refractivity contribution in [3.63, 3.8) is 0 Å². The molecule has 0 radical (unpaired) electrons. The quantitative estimate of drug-likeness (QED) is 0.746. The summed E-state index contributed by atoms with van der Waals surface area (Å²) >= 11 is 1.07. The molecule has 0 bridgehead atoms. The summed E-state index contributed by atoms with van der Waals surface area (Å²) in [7, 11) is 0. The van der Waals surface area contributed by atoms with Crippen molar-refractivity contribution in [2.24, 2.45) is 0 Å². The van der Waals surface area contributed by atoms with Gasteiger partial charge in [-0.15, -0.1) is 11.3 Å². The lowest BCUT2D eigenvalue weighted by Gasteiger charge is -2.09. The van der Waals surface area contributed by atoms with Crippen LogP contribution in [0.3, 0.4) is 0 Å². The Kier molecular flexibility index (Phi) is 4.48. The van der Waals surface area contributed by atoms with Crippen LogP contribution in [0.5, 0.6) is 0 Å². The second kappa shape index (κ2) is 6.71. The molecule has 8 heteroatoms. The maximum atomic E-state index is 13.7. The van der Waals surface area contributed by atoms with Crippen LogP contribution in [0.25, 0.3) is 0 Å². The fourth-order valence-electron chi connectivity index (χ4n) is 2.02. The number of hydrogen-bond donors (Lipinski definition) is 2. The highest BCUT2D eigenvalue weighted by molar-refractivity contribution is 7.14. The molecule has 5 nitrogen and oxygen atoms in total. The number of carbonyl (C=O) groups excluding carboxylic acids is 1. The Labute approximate surface area is 140 Å². The summed E-state index contributed by atoms with van der Waals surface area (Å²) in [5.74, 6) is -1.66. The Bertz CT molecular complexity index is 877. The van der Waals surface area contributed by atoms with Crippen LogP contribution in [0.1, 0.15) is 16.2 Å². The molecular weight excluding hydrogens is 334 g/mol. The topological polar surface area (TPSA) is 66.9 Å². The van der Waals surface area contributed by atoms with Gasteiger partial charge in [-0.2, -0.15) is 0 Å². The summed E-state index contributed by atoms with van der Waals surface area (Å²) in [5, 5.41) is 5.44. The molecule has 0 aliphatic rings. The van der Waals surface area contributed by atoms with E-state index in [1.807, 2.05) is 0 Å². The second-order valence-corrected chi connectivity index (χ2v) is 5.72. The molecule has 0 atom stereocenters. The van der Waals surface area contributed by atoms with Crippen molar-refractivity contribution in [2.75, 3.05) is 10.6 Å². The first-order valence-corrected chi connectivity index (χ1v) is 7.82. The number of nitrogens with one attached hydrogen (secondary N) is 2. The van der Waals surface area contributed by atoms with E-state index in [4.69, 9.17) is 0 Å². The van der Waals surface area contributed by atoms with Crippen LogP contribution in [0.4, 0.5) is 25.3 Å². The lowest BCUT2D eigenvalue weighted by Crippen LogP contribution is -2.15. The summed E-state index contributed by atoms with van der Waals surface area (Å²) in [5.41, 5.74) is 1.87. The van der Waals surface area contributed by atoms with Crippen LogP contribution in [0, 0.1) is 18.6 Å². The van der Waals surface area contributed by atoms with Gasteiger partial charge in [-0.1, -0.05) is 12.1 Å². The summed E-state index contributed by atoms with van der Waals surface area (Å²) in [6, 6.07) is 8.71. The number of thiazole rings is 1. The molecular formula is C16H12F2N4OS. The van der Waals surface area contributed by atoms with Crippen molar-refractivity contribution in [3.05, 3.63) is 64.9 Å². The fraction of sp³-hybridized carbons (Fsp3) is 0.0625. The van der Waals surface area contributed by atoms with Crippen LogP contribution in [-0.2, 0) is 0 Å². The van der Waals surface area contributed by atoms with Gasteiger partial charge in [-0.3, -0.25) is 4.79 Å². The van der Waals surface area contributed by atoms with Gasteiger partial charge in [0.1, 0.15) is 28.1 Å². The van der Waals surface area contributed by atoms with Gasteiger partial charge in [-0.05, 0) is 31.2 Å². The Morgan fingerprint density at radius 3 is 2.54 bits per heavy atom. The third kappa shape index (κ3) is 3.38. The molecule has 122 valence electrons. The number of benzene rings is 1. The van der Waals surface area contributed by atoms with Crippen LogP contribution in [0.2, 0.25) is 0 Å². The Morgan fingerprint density at radius 2 is 1.83 bits per heavy atom. The number of hydrogen-bond acceptors (Lipinski definition) is 5. The van der Waals surface area contributed by atoms with Crippen molar-refractivity contribution >= 4 is 33.8 Å². The molecule has 24 heavy (non-hydrogen) atoms. The zero-order valence-corrected chi connectivity index (χ0v) is 13.3. The molecule has 1 aromatic carbocycles. The van der Waals surface area contributed by atoms with E-state index in [9.17, 15) is 13.6 Å².